The average Bonchev–Trinajstić information content (AvgIpc) is 3.00. The Morgan fingerprint density at radius 3 is 2.45 bits per heavy atom. The highest BCUT2D eigenvalue weighted by atomic mass is 32.1. The molecule has 1 aromatic carbocycles. The lowest BCUT2D eigenvalue weighted by Gasteiger charge is -2.61. The second kappa shape index (κ2) is 6.66. The Bertz CT molecular complexity index is 954. The van der Waals surface area contributed by atoms with Crippen LogP contribution in [0.3, 0.4) is 0 Å². The van der Waals surface area contributed by atoms with Crippen molar-refractivity contribution in [1.29, 1.82) is 0 Å². The van der Waals surface area contributed by atoms with Crippen molar-refractivity contribution >= 4 is 28.3 Å². The molecule has 5 nitrogen and oxygen atoms in total. The van der Waals surface area contributed by atoms with Crippen molar-refractivity contribution in [2.75, 3.05) is 5.32 Å². The van der Waals surface area contributed by atoms with Crippen LogP contribution in [0.5, 0.6) is 0 Å². The molecule has 6 heteroatoms. The smallest absolute Gasteiger partial charge is 0.232 e. The predicted octanol–water partition coefficient (Wildman–Crippen LogP) is 4.53. The van der Waals surface area contributed by atoms with E-state index >= 15 is 0 Å². The Morgan fingerprint density at radius 1 is 1.10 bits per heavy atom. The third-order valence-electron chi connectivity index (χ3n) is 7.05. The van der Waals surface area contributed by atoms with Gasteiger partial charge in [-0.15, -0.1) is 11.3 Å². The first-order valence-electron chi connectivity index (χ1n) is 10.5. The SMILES string of the molecule is CC(=O)NC12C[C@H]3C[C@@H](C1)CC(C(=O)Nc1nc(-c4ccccc4)c(C)s1)(C3)C2. The van der Waals surface area contributed by atoms with Gasteiger partial charge in [-0.05, 0) is 57.3 Å². The van der Waals surface area contributed by atoms with Crippen molar-refractivity contribution < 1.29 is 9.59 Å². The van der Waals surface area contributed by atoms with Crippen LogP contribution in [0.25, 0.3) is 11.3 Å². The lowest BCUT2D eigenvalue weighted by Crippen LogP contribution is -2.65. The number of hydrogen-bond donors (Lipinski definition) is 2. The highest BCUT2D eigenvalue weighted by molar-refractivity contribution is 7.16. The number of anilines is 1. The number of benzene rings is 1. The van der Waals surface area contributed by atoms with Gasteiger partial charge in [0.2, 0.25) is 11.8 Å². The second-order valence-electron chi connectivity index (χ2n) is 9.45. The Kier molecular flexibility index (Phi) is 4.32. The zero-order chi connectivity index (χ0) is 20.2. The minimum atomic E-state index is -0.376. The zero-order valence-corrected chi connectivity index (χ0v) is 17.8. The molecule has 1 aromatic heterocycles. The fourth-order valence-corrected chi connectivity index (χ4v) is 7.42. The summed E-state index contributed by atoms with van der Waals surface area (Å²) in [6.45, 7) is 3.64. The topological polar surface area (TPSA) is 71.1 Å². The fraction of sp³-hybridized carbons (Fsp3) is 0.522. The molecule has 2 N–H and O–H groups in total. The third kappa shape index (κ3) is 3.27. The number of amides is 2. The van der Waals surface area contributed by atoms with Gasteiger partial charge in [0.05, 0.1) is 11.1 Å². The molecule has 29 heavy (non-hydrogen) atoms. The Hall–Kier alpha value is -2.21. The largest absolute Gasteiger partial charge is 0.351 e. The number of nitrogens with one attached hydrogen (secondary N) is 2. The maximum absolute atomic E-state index is 13.5. The molecule has 0 spiro atoms. The maximum atomic E-state index is 13.5. The van der Waals surface area contributed by atoms with Crippen molar-refractivity contribution in [2.45, 2.75) is 57.9 Å². The summed E-state index contributed by atoms with van der Waals surface area (Å²) in [5, 5.41) is 7.07. The third-order valence-corrected chi connectivity index (χ3v) is 7.93. The normalized spacial score (nSPS) is 32.2. The van der Waals surface area contributed by atoms with Crippen LogP contribution in [0.4, 0.5) is 5.13 Å². The summed E-state index contributed by atoms with van der Waals surface area (Å²) in [7, 11) is 0. The molecule has 4 fully saturated rings. The molecule has 4 saturated carbocycles. The molecule has 2 amide bonds. The van der Waals surface area contributed by atoms with E-state index in [2.05, 4.69) is 10.6 Å². The number of carbonyl (C=O) groups excluding carboxylic acids is 2. The van der Waals surface area contributed by atoms with E-state index in [0.717, 1.165) is 48.2 Å². The van der Waals surface area contributed by atoms with Crippen LogP contribution < -0.4 is 10.6 Å². The molecule has 4 bridgehead atoms. The highest BCUT2D eigenvalue weighted by Gasteiger charge is 2.60. The first-order chi connectivity index (χ1) is 13.9. The molecule has 0 saturated heterocycles. The van der Waals surface area contributed by atoms with Crippen LogP contribution in [-0.4, -0.2) is 22.3 Å². The van der Waals surface area contributed by atoms with Gasteiger partial charge >= 0.3 is 0 Å². The van der Waals surface area contributed by atoms with E-state index in [9.17, 15) is 9.59 Å². The molecule has 4 aliphatic rings. The zero-order valence-electron chi connectivity index (χ0n) is 17.0. The average molecular weight is 410 g/mol. The molecule has 1 heterocycles. The standard InChI is InChI=1S/C23H27N3O2S/c1-14-19(18-6-4-3-5-7-18)24-21(29-14)25-20(28)22-9-16-8-17(10-22)12-23(11-16,13-22)26-15(2)27/h3-7,16-17H,8-13H2,1-2H3,(H,26,27)(H,24,25,28)/t16-,17+,22?,23?. The molecule has 0 aliphatic heterocycles. The van der Waals surface area contributed by atoms with Crippen LogP contribution in [0.15, 0.2) is 30.3 Å². The minimum Gasteiger partial charge on any atom is -0.351 e. The number of aryl methyl sites for hydroxylation is 1. The summed E-state index contributed by atoms with van der Waals surface area (Å²) in [5.74, 6) is 1.18. The summed E-state index contributed by atoms with van der Waals surface area (Å²) in [5.41, 5.74) is 1.44. The Morgan fingerprint density at radius 2 is 1.79 bits per heavy atom. The monoisotopic (exact) mass is 409 g/mol. The summed E-state index contributed by atoms with van der Waals surface area (Å²) < 4.78 is 0. The van der Waals surface area contributed by atoms with E-state index < -0.39 is 0 Å². The predicted molar refractivity (Wildman–Crippen MR) is 115 cm³/mol. The van der Waals surface area contributed by atoms with Gasteiger partial charge in [-0.1, -0.05) is 30.3 Å². The van der Waals surface area contributed by atoms with Gasteiger partial charge in [-0.25, -0.2) is 4.98 Å². The van der Waals surface area contributed by atoms with Crippen LogP contribution in [-0.2, 0) is 9.59 Å². The number of nitrogens with zero attached hydrogens (tertiary/aromatic N) is 1. The van der Waals surface area contributed by atoms with Crippen LogP contribution >= 0.6 is 11.3 Å². The van der Waals surface area contributed by atoms with Crippen molar-refractivity contribution in [3.63, 3.8) is 0 Å². The van der Waals surface area contributed by atoms with Gasteiger partial charge in [0.15, 0.2) is 5.13 Å². The summed E-state index contributed by atoms with van der Waals surface area (Å²) in [6.07, 6.45) is 5.87. The molecular formula is C23H27N3O2S. The minimum absolute atomic E-state index is 0.0190. The molecule has 4 aliphatic carbocycles. The maximum Gasteiger partial charge on any atom is 0.232 e. The number of rotatable bonds is 4. The van der Waals surface area contributed by atoms with Crippen molar-refractivity contribution in [3.8, 4) is 11.3 Å². The lowest BCUT2D eigenvalue weighted by atomic mass is 9.46. The van der Waals surface area contributed by atoms with Crippen molar-refractivity contribution in [1.82, 2.24) is 10.3 Å². The van der Waals surface area contributed by atoms with Crippen LogP contribution in [0.1, 0.15) is 50.3 Å². The summed E-state index contributed by atoms with van der Waals surface area (Å²) >= 11 is 1.54. The van der Waals surface area contributed by atoms with Crippen molar-refractivity contribution in [3.05, 3.63) is 35.2 Å². The first kappa shape index (κ1) is 18.8. The van der Waals surface area contributed by atoms with Gasteiger partial charge in [0, 0.05) is 22.9 Å². The second-order valence-corrected chi connectivity index (χ2v) is 10.7. The molecule has 152 valence electrons. The van der Waals surface area contributed by atoms with E-state index in [0.29, 0.717) is 17.0 Å². The highest BCUT2D eigenvalue weighted by Crippen LogP contribution is 2.62. The molecule has 4 atom stereocenters. The molecule has 2 unspecified atom stereocenters. The van der Waals surface area contributed by atoms with E-state index in [1.54, 1.807) is 6.92 Å². The molecule has 0 radical (unpaired) electrons. The molecule has 2 aromatic rings. The van der Waals surface area contributed by atoms with E-state index in [4.69, 9.17) is 4.98 Å². The number of aromatic nitrogens is 1. The van der Waals surface area contributed by atoms with Gasteiger partial charge < -0.3 is 10.6 Å². The van der Waals surface area contributed by atoms with Gasteiger partial charge in [-0.2, -0.15) is 0 Å². The van der Waals surface area contributed by atoms with E-state index in [1.165, 1.54) is 17.8 Å². The molecule has 6 rings (SSSR count). The number of thiazole rings is 1. The Balaban J connectivity index is 1.39. The van der Waals surface area contributed by atoms with Gasteiger partial charge in [-0.3, -0.25) is 9.59 Å². The van der Waals surface area contributed by atoms with Gasteiger partial charge in [0.1, 0.15) is 0 Å². The number of hydrogen-bond acceptors (Lipinski definition) is 4. The first-order valence-corrected chi connectivity index (χ1v) is 11.3. The quantitative estimate of drug-likeness (QED) is 0.779. The molecular weight excluding hydrogens is 382 g/mol. The van der Waals surface area contributed by atoms with E-state index in [-0.39, 0.29) is 22.8 Å². The number of carbonyl (C=O) groups is 2. The lowest BCUT2D eigenvalue weighted by molar-refractivity contribution is -0.148. The summed E-state index contributed by atoms with van der Waals surface area (Å²) in [4.78, 5) is 31.2. The fourth-order valence-electron chi connectivity index (χ4n) is 6.59. The van der Waals surface area contributed by atoms with E-state index in [1.807, 2.05) is 37.3 Å². The summed E-state index contributed by atoms with van der Waals surface area (Å²) in [6, 6.07) is 10.1. The van der Waals surface area contributed by atoms with Crippen molar-refractivity contribution in [2.24, 2.45) is 17.3 Å². The Labute approximate surface area is 175 Å². The van der Waals surface area contributed by atoms with Gasteiger partial charge in [0.25, 0.3) is 0 Å². The van der Waals surface area contributed by atoms with Crippen LogP contribution in [0, 0.1) is 24.2 Å². The van der Waals surface area contributed by atoms with Crippen LogP contribution in [0.2, 0.25) is 0 Å².